The molecule has 8 nitrogen and oxygen atoms in total. The highest BCUT2D eigenvalue weighted by molar-refractivity contribution is 5.88. The summed E-state index contributed by atoms with van der Waals surface area (Å²) in [6, 6.07) is 16.4. The Morgan fingerprint density at radius 1 is 1.03 bits per heavy atom. The van der Waals surface area contributed by atoms with Crippen molar-refractivity contribution >= 4 is 28.6 Å². The highest BCUT2D eigenvalue weighted by atomic mass is 16.5. The molecule has 1 aromatic carbocycles. The van der Waals surface area contributed by atoms with Crippen LogP contribution in [0.4, 0.5) is 5.82 Å². The minimum Gasteiger partial charge on any atom is -0.378 e. The maximum Gasteiger partial charge on any atom is 0.158 e. The van der Waals surface area contributed by atoms with Crippen LogP contribution in [0.3, 0.4) is 0 Å². The van der Waals surface area contributed by atoms with E-state index in [1.54, 1.807) is 12.4 Å². The van der Waals surface area contributed by atoms with Crippen molar-refractivity contribution < 1.29 is 4.74 Å². The number of hydrogen-bond acceptors (Lipinski definition) is 6. The number of aliphatic imine (C=N–C) groups is 1. The molecule has 1 N–H and O–H groups in total. The molecule has 0 aliphatic carbocycles. The van der Waals surface area contributed by atoms with Crippen LogP contribution in [0.25, 0.3) is 27.8 Å². The third-order valence-electron chi connectivity index (χ3n) is 5.84. The van der Waals surface area contributed by atoms with E-state index in [2.05, 4.69) is 50.2 Å². The van der Waals surface area contributed by atoms with Gasteiger partial charge in [-0.1, -0.05) is 6.07 Å². The molecule has 0 amide bonds. The Morgan fingerprint density at radius 3 is 2.79 bits per heavy atom. The third kappa shape index (κ3) is 3.96. The van der Waals surface area contributed by atoms with Crippen molar-refractivity contribution in [1.82, 2.24) is 24.6 Å². The van der Waals surface area contributed by atoms with Gasteiger partial charge in [0.2, 0.25) is 0 Å². The lowest BCUT2D eigenvalue weighted by Gasteiger charge is -2.29. The van der Waals surface area contributed by atoms with E-state index in [1.165, 1.54) is 5.39 Å². The Morgan fingerprint density at radius 2 is 1.91 bits per heavy atom. The van der Waals surface area contributed by atoms with Gasteiger partial charge in [0.15, 0.2) is 5.65 Å². The molecule has 1 fully saturated rings. The van der Waals surface area contributed by atoms with E-state index >= 15 is 0 Å². The first-order valence-corrected chi connectivity index (χ1v) is 11.0. The van der Waals surface area contributed by atoms with Gasteiger partial charge in [0.25, 0.3) is 0 Å². The van der Waals surface area contributed by atoms with Gasteiger partial charge in [0.05, 0.1) is 31.1 Å². The Balaban J connectivity index is 1.34. The van der Waals surface area contributed by atoms with Crippen molar-refractivity contribution in [2.75, 3.05) is 31.2 Å². The van der Waals surface area contributed by atoms with Gasteiger partial charge in [0, 0.05) is 61.1 Å². The van der Waals surface area contributed by atoms with Crippen molar-refractivity contribution in [3.8, 4) is 11.3 Å². The molecule has 33 heavy (non-hydrogen) atoms. The molecule has 0 saturated carbocycles. The molecule has 5 heterocycles. The second kappa shape index (κ2) is 8.48. The van der Waals surface area contributed by atoms with Gasteiger partial charge < -0.3 is 14.6 Å². The van der Waals surface area contributed by atoms with Crippen LogP contribution in [0.15, 0.2) is 72.1 Å². The van der Waals surface area contributed by atoms with Gasteiger partial charge in [-0.05, 0) is 41.3 Å². The lowest BCUT2D eigenvalue weighted by Crippen LogP contribution is -2.37. The molecule has 5 aromatic rings. The zero-order valence-corrected chi connectivity index (χ0v) is 18.1. The van der Waals surface area contributed by atoms with E-state index in [-0.39, 0.29) is 0 Å². The number of fused-ring (bicyclic) bond motifs is 2. The highest BCUT2D eigenvalue weighted by Crippen LogP contribution is 2.24. The van der Waals surface area contributed by atoms with Gasteiger partial charge in [0.1, 0.15) is 5.82 Å². The Kier molecular flexibility index (Phi) is 5.04. The summed E-state index contributed by atoms with van der Waals surface area (Å²) in [4.78, 5) is 19.2. The quantitative estimate of drug-likeness (QED) is 0.424. The summed E-state index contributed by atoms with van der Waals surface area (Å²) < 4.78 is 7.48. The molecule has 0 radical (unpaired) electrons. The van der Waals surface area contributed by atoms with Gasteiger partial charge in [-0.25, -0.2) is 4.98 Å². The van der Waals surface area contributed by atoms with E-state index in [4.69, 9.17) is 14.8 Å². The number of aromatic nitrogens is 5. The number of H-pyrrole nitrogens is 1. The van der Waals surface area contributed by atoms with Crippen molar-refractivity contribution in [3.05, 3.63) is 78.4 Å². The van der Waals surface area contributed by atoms with Crippen LogP contribution in [0.2, 0.25) is 0 Å². The number of ether oxygens (including phenoxy) is 1. The lowest BCUT2D eigenvalue weighted by molar-refractivity contribution is 0.122. The lowest BCUT2D eigenvalue weighted by atomic mass is 10.2. The van der Waals surface area contributed by atoms with Gasteiger partial charge in [-0.3, -0.25) is 9.98 Å². The van der Waals surface area contributed by atoms with Gasteiger partial charge >= 0.3 is 0 Å². The number of benzene rings is 1. The molecule has 164 valence electrons. The first-order chi connectivity index (χ1) is 16.3. The van der Waals surface area contributed by atoms with Crippen LogP contribution < -0.4 is 4.90 Å². The topological polar surface area (TPSA) is 83.7 Å². The second-order valence-electron chi connectivity index (χ2n) is 8.03. The predicted molar refractivity (Wildman–Crippen MR) is 129 cm³/mol. The highest BCUT2D eigenvalue weighted by Gasteiger charge is 2.18. The monoisotopic (exact) mass is 437 g/mol. The summed E-state index contributed by atoms with van der Waals surface area (Å²) in [7, 11) is 0. The fourth-order valence-electron chi connectivity index (χ4n) is 4.17. The first-order valence-electron chi connectivity index (χ1n) is 11.0. The molecule has 1 aliphatic rings. The standard InChI is InChI=1S/C25H23N7O/c1-2-22-20(5-8-28-22)13-18(1)16-27-17-21-14-25(31-9-11-33-12-10-31)32-24(29-21)15-23(30-32)19-3-6-26-7-4-19/h1-8,13-16,28H,9-12,17H2. The number of nitrogens with one attached hydrogen (secondary N) is 1. The number of rotatable bonds is 5. The first kappa shape index (κ1) is 19.6. The average Bonchev–Trinajstić information content (AvgIpc) is 3.51. The van der Waals surface area contributed by atoms with Crippen molar-refractivity contribution in [2.45, 2.75) is 6.54 Å². The van der Waals surface area contributed by atoms with E-state index in [9.17, 15) is 0 Å². The Bertz CT molecular complexity index is 1430. The molecule has 6 rings (SSSR count). The second-order valence-corrected chi connectivity index (χ2v) is 8.03. The average molecular weight is 438 g/mol. The van der Waals surface area contributed by atoms with Crippen molar-refractivity contribution in [1.29, 1.82) is 0 Å². The van der Waals surface area contributed by atoms with Gasteiger partial charge in [-0.2, -0.15) is 9.61 Å². The molecule has 0 atom stereocenters. The zero-order chi connectivity index (χ0) is 22.0. The maximum absolute atomic E-state index is 5.56. The van der Waals surface area contributed by atoms with Gasteiger partial charge in [-0.15, -0.1) is 0 Å². The largest absolute Gasteiger partial charge is 0.378 e. The number of hydrogen-bond donors (Lipinski definition) is 1. The van der Waals surface area contributed by atoms with Crippen molar-refractivity contribution in [3.63, 3.8) is 0 Å². The smallest absolute Gasteiger partial charge is 0.158 e. The summed E-state index contributed by atoms with van der Waals surface area (Å²) >= 11 is 0. The van der Waals surface area contributed by atoms with Crippen LogP contribution in [-0.4, -0.2) is 57.1 Å². The molecular formula is C25H23N7O. The fourth-order valence-corrected chi connectivity index (χ4v) is 4.17. The molecule has 8 heteroatoms. The Labute approximate surface area is 190 Å². The summed E-state index contributed by atoms with van der Waals surface area (Å²) in [6.07, 6.45) is 7.41. The number of anilines is 1. The summed E-state index contributed by atoms with van der Waals surface area (Å²) in [5.74, 6) is 1.02. The predicted octanol–water partition coefficient (Wildman–Crippen LogP) is 3.73. The van der Waals surface area contributed by atoms with Crippen molar-refractivity contribution in [2.24, 2.45) is 4.99 Å². The summed E-state index contributed by atoms with van der Waals surface area (Å²) in [6.45, 7) is 3.55. The molecule has 0 bridgehead atoms. The minimum absolute atomic E-state index is 0.495. The molecule has 1 saturated heterocycles. The minimum atomic E-state index is 0.495. The van der Waals surface area contributed by atoms with E-state index in [0.717, 1.165) is 52.6 Å². The van der Waals surface area contributed by atoms with Crippen LogP contribution in [0.5, 0.6) is 0 Å². The number of nitrogens with zero attached hydrogens (tertiary/aromatic N) is 6. The van der Waals surface area contributed by atoms with Crippen LogP contribution >= 0.6 is 0 Å². The van der Waals surface area contributed by atoms with E-state index in [0.29, 0.717) is 19.8 Å². The van der Waals surface area contributed by atoms with Crippen LogP contribution in [0.1, 0.15) is 11.3 Å². The third-order valence-corrected chi connectivity index (χ3v) is 5.84. The fraction of sp³-hybridized carbons (Fsp3) is 0.200. The molecule has 4 aromatic heterocycles. The number of morpholine rings is 1. The number of pyridine rings is 1. The van der Waals surface area contributed by atoms with E-state index in [1.807, 2.05) is 35.1 Å². The normalized spacial score (nSPS) is 14.6. The maximum atomic E-state index is 5.56. The number of aromatic amines is 1. The molecule has 0 unspecified atom stereocenters. The zero-order valence-electron chi connectivity index (χ0n) is 18.1. The van der Waals surface area contributed by atoms with Crippen LogP contribution in [-0.2, 0) is 11.3 Å². The molecule has 1 aliphatic heterocycles. The van der Waals surface area contributed by atoms with Crippen LogP contribution in [0, 0.1) is 0 Å². The summed E-state index contributed by atoms with van der Waals surface area (Å²) in [5, 5.41) is 6.03. The SMILES string of the molecule is C(=NCc1cc(N2CCOCC2)n2nc(-c3ccncc3)cc2n1)c1ccc2[nH]ccc2c1. The molecule has 0 spiro atoms. The Hall–Kier alpha value is -4.04. The van der Waals surface area contributed by atoms with E-state index < -0.39 is 0 Å². The molecular weight excluding hydrogens is 414 g/mol. The summed E-state index contributed by atoms with van der Waals surface area (Å²) in [5.41, 5.74) is 5.80.